The van der Waals surface area contributed by atoms with Crippen LogP contribution in [0.4, 0.5) is 18.9 Å². The van der Waals surface area contributed by atoms with Gasteiger partial charge in [-0.15, -0.1) is 0 Å². The normalized spacial score (nSPS) is 20.6. The monoisotopic (exact) mass is 357 g/mol. The van der Waals surface area contributed by atoms with Gasteiger partial charge in [-0.25, -0.2) is 0 Å². The van der Waals surface area contributed by atoms with Gasteiger partial charge in [-0.3, -0.25) is 19.5 Å². The van der Waals surface area contributed by atoms with E-state index in [1.54, 1.807) is 4.90 Å². The first-order valence-corrected chi connectivity index (χ1v) is 8.22. The molecule has 5 nitrogen and oxygen atoms in total. The van der Waals surface area contributed by atoms with Gasteiger partial charge in [0.05, 0.1) is 5.56 Å². The number of thioether (sulfide) groups is 1. The lowest BCUT2D eigenvalue weighted by atomic mass is 10.2. The Labute approximate surface area is 140 Å². The molecule has 2 aliphatic heterocycles. The van der Waals surface area contributed by atoms with Gasteiger partial charge in [0.2, 0.25) is 11.8 Å². The van der Waals surface area contributed by atoms with Gasteiger partial charge in [0.1, 0.15) is 5.25 Å². The van der Waals surface area contributed by atoms with Crippen molar-refractivity contribution in [3.8, 4) is 0 Å². The number of hydrogen-bond donors (Lipinski definition) is 1. The molecule has 0 saturated carbocycles. The fourth-order valence-corrected chi connectivity index (χ4v) is 3.72. The van der Waals surface area contributed by atoms with Crippen molar-refractivity contribution in [1.29, 1.82) is 0 Å². The van der Waals surface area contributed by atoms with Crippen molar-refractivity contribution in [1.82, 2.24) is 4.90 Å². The minimum absolute atomic E-state index is 0.0559. The Morgan fingerprint density at radius 3 is 2.92 bits per heavy atom. The lowest BCUT2D eigenvalue weighted by molar-refractivity contribution is -0.137. The molecule has 0 spiro atoms. The maximum atomic E-state index is 12.7. The van der Waals surface area contributed by atoms with Crippen molar-refractivity contribution >= 4 is 34.4 Å². The van der Waals surface area contributed by atoms with Gasteiger partial charge < -0.3 is 5.32 Å². The van der Waals surface area contributed by atoms with E-state index in [1.807, 2.05) is 0 Å². The molecular formula is C15H14F3N3O2S. The number of amides is 2. The third-order valence-electron chi connectivity index (χ3n) is 3.65. The topological polar surface area (TPSA) is 61.8 Å². The Bertz CT molecular complexity index is 705. The quantitative estimate of drug-likeness (QED) is 0.905. The maximum absolute atomic E-state index is 12.7. The highest BCUT2D eigenvalue weighted by Crippen LogP contribution is 2.32. The zero-order valence-corrected chi connectivity index (χ0v) is 13.3. The molecule has 1 saturated heterocycles. The Kier molecular flexibility index (Phi) is 4.53. The molecule has 0 radical (unpaired) electrons. The third kappa shape index (κ3) is 3.55. The number of amidine groups is 1. The molecule has 2 aliphatic rings. The van der Waals surface area contributed by atoms with Gasteiger partial charge in [-0.1, -0.05) is 17.8 Å². The van der Waals surface area contributed by atoms with Crippen molar-refractivity contribution in [2.75, 3.05) is 18.4 Å². The van der Waals surface area contributed by atoms with E-state index in [-0.39, 0.29) is 18.0 Å². The standard InChI is InChI=1S/C15H14F3N3O2S/c16-15(17,18)9-3-1-4-10(7-9)20-12(22)8-11-13(23)21-6-2-5-19-14(21)24-11/h1,3-4,7,11H,2,5-6,8H2,(H,20,22). The zero-order valence-electron chi connectivity index (χ0n) is 12.5. The Morgan fingerprint density at radius 1 is 1.42 bits per heavy atom. The molecule has 1 unspecified atom stereocenters. The predicted octanol–water partition coefficient (Wildman–Crippen LogP) is 2.74. The molecule has 2 amide bonds. The number of carbonyl (C=O) groups excluding carboxylic acids is 2. The van der Waals surface area contributed by atoms with Crippen molar-refractivity contribution in [2.24, 2.45) is 4.99 Å². The number of carbonyl (C=O) groups is 2. The van der Waals surface area contributed by atoms with E-state index in [1.165, 1.54) is 23.9 Å². The Morgan fingerprint density at radius 2 is 2.21 bits per heavy atom. The smallest absolute Gasteiger partial charge is 0.326 e. The van der Waals surface area contributed by atoms with Crippen LogP contribution in [0.25, 0.3) is 0 Å². The summed E-state index contributed by atoms with van der Waals surface area (Å²) in [6.07, 6.45) is -3.78. The largest absolute Gasteiger partial charge is 0.416 e. The fraction of sp³-hybridized carbons (Fsp3) is 0.400. The molecule has 0 aromatic heterocycles. The number of aliphatic imine (C=N–C) groups is 1. The van der Waals surface area contributed by atoms with Crippen molar-refractivity contribution in [2.45, 2.75) is 24.3 Å². The summed E-state index contributed by atoms with van der Waals surface area (Å²) in [7, 11) is 0. The first kappa shape index (κ1) is 16.8. The molecule has 3 rings (SSSR count). The van der Waals surface area contributed by atoms with Crippen LogP contribution in [0.2, 0.25) is 0 Å². The summed E-state index contributed by atoms with van der Waals surface area (Å²) < 4.78 is 38.0. The summed E-state index contributed by atoms with van der Waals surface area (Å²) in [5, 5.41) is 2.47. The number of benzene rings is 1. The number of nitrogens with one attached hydrogen (secondary N) is 1. The van der Waals surface area contributed by atoms with Crippen LogP contribution >= 0.6 is 11.8 Å². The van der Waals surface area contributed by atoms with Crippen LogP contribution in [0.3, 0.4) is 0 Å². The minimum atomic E-state index is -4.47. The second-order valence-corrected chi connectivity index (χ2v) is 6.61. The minimum Gasteiger partial charge on any atom is -0.326 e. The van der Waals surface area contributed by atoms with Gasteiger partial charge in [0, 0.05) is 25.2 Å². The summed E-state index contributed by atoms with van der Waals surface area (Å²) in [5.41, 5.74) is -0.779. The number of alkyl halides is 3. The van der Waals surface area contributed by atoms with Gasteiger partial charge in [0.25, 0.3) is 0 Å². The summed E-state index contributed by atoms with van der Waals surface area (Å²) in [6, 6.07) is 4.41. The number of halogens is 3. The summed E-state index contributed by atoms with van der Waals surface area (Å²) in [4.78, 5) is 30.1. The molecule has 0 aliphatic carbocycles. The highest BCUT2D eigenvalue weighted by atomic mass is 32.2. The molecule has 1 aromatic carbocycles. The SMILES string of the molecule is O=C(CC1SC2=NCCCN2C1=O)Nc1cccc(C(F)(F)F)c1. The van der Waals surface area contributed by atoms with Crippen LogP contribution in [0, 0.1) is 0 Å². The maximum Gasteiger partial charge on any atom is 0.416 e. The Balaban J connectivity index is 1.63. The summed E-state index contributed by atoms with van der Waals surface area (Å²) in [5.74, 6) is -0.668. The van der Waals surface area contributed by atoms with Crippen LogP contribution in [0.1, 0.15) is 18.4 Å². The molecule has 1 N–H and O–H groups in total. The molecule has 0 bridgehead atoms. The molecule has 128 valence electrons. The molecule has 1 aromatic rings. The fourth-order valence-electron chi connectivity index (χ4n) is 2.52. The molecular weight excluding hydrogens is 343 g/mol. The van der Waals surface area contributed by atoms with E-state index in [4.69, 9.17) is 0 Å². The molecule has 1 atom stereocenters. The van der Waals surface area contributed by atoms with Crippen LogP contribution in [-0.2, 0) is 15.8 Å². The van der Waals surface area contributed by atoms with Crippen molar-refractivity contribution in [3.05, 3.63) is 29.8 Å². The van der Waals surface area contributed by atoms with Crippen molar-refractivity contribution in [3.63, 3.8) is 0 Å². The Hall–Kier alpha value is -2.03. The second-order valence-electron chi connectivity index (χ2n) is 5.45. The lowest BCUT2D eigenvalue weighted by Gasteiger charge is -2.19. The van der Waals surface area contributed by atoms with Gasteiger partial charge in [0.15, 0.2) is 5.17 Å². The third-order valence-corrected chi connectivity index (χ3v) is 4.86. The van der Waals surface area contributed by atoms with Gasteiger partial charge >= 0.3 is 6.18 Å². The highest BCUT2D eigenvalue weighted by molar-refractivity contribution is 8.15. The van der Waals surface area contributed by atoms with Crippen LogP contribution in [0.15, 0.2) is 29.3 Å². The van der Waals surface area contributed by atoms with Gasteiger partial charge in [-0.05, 0) is 24.6 Å². The first-order chi connectivity index (χ1) is 11.3. The average molecular weight is 357 g/mol. The lowest BCUT2D eigenvalue weighted by Crippen LogP contribution is -2.36. The van der Waals surface area contributed by atoms with E-state index in [0.717, 1.165) is 18.6 Å². The number of rotatable bonds is 3. The second kappa shape index (κ2) is 6.46. The molecule has 9 heteroatoms. The number of fused-ring (bicyclic) bond motifs is 1. The molecule has 24 heavy (non-hydrogen) atoms. The summed E-state index contributed by atoms with van der Waals surface area (Å²) >= 11 is 1.23. The number of nitrogens with zero attached hydrogens (tertiary/aromatic N) is 2. The summed E-state index contributed by atoms with van der Waals surface area (Å²) in [6.45, 7) is 1.26. The van der Waals surface area contributed by atoms with E-state index < -0.39 is 22.9 Å². The van der Waals surface area contributed by atoms with E-state index in [2.05, 4.69) is 10.3 Å². The van der Waals surface area contributed by atoms with E-state index >= 15 is 0 Å². The highest BCUT2D eigenvalue weighted by Gasteiger charge is 2.39. The van der Waals surface area contributed by atoms with Crippen molar-refractivity contribution < 1.29 is 22.8 Å². The number of hydrogen-bond acceptors (Lipinski definition) is 4. The van der Waals surface area contributed by atoms with Gasteiger partial charge in [-0.2, -0.15) is 13.2 Å². The molecule has 1 fully saturated rings. The van der Waals surface area contributed by atoms with Crippen LogP contribution in [-0.4, -0.2) is 40.2 Å². The average Bonchev–Trinajstić information content (AvgIpc) is 2.83. The predicted molar refractivity (Wildman–Crippen MR) is 84.7 cm³/mol. The first-order valence-electron chi connectivity index (χ1n) is 7.34. The molecule has 2 heterocycles. The van der Waals surface area contributed by atoms with E-state index in [0.29, 0.717) is 18.3 Å². The number of anilines is 1. The zero-order chi connectivity index (χ0) is 17.3. The van der Waals surface area contributed by atoms with Crippen LogP contribution < -0.4 is 5.32 Å². The van der Waals surface area contributed by atoms with Crippen LogP contribution in [0.5, 0.6) is 0 Å². The van der Waals surface area contributed by atoms with E-state index in [9.17, 15) is 22.8 Å².